The highest BCUT2D eigenvalue weighted by molar-refractivity contribution is 6.01. The van der Waals surface area contributed by atoms with E-state index in [1.807, 2.05) is 42.5 Å². The Hall–Kier alpha value is -4.85. The monoisotopic (exact) mass is 551 g/mol. The molecule has 1 N–H and O–H groups in total. The molecule has 2 amide bonds. The molecule has 1 atom stereocenters. The zero-order valence-corrected chi connectivity index (χ0v) is 22.5. The number of ether oxygens (including phenoxy) is 2. The number of carbonyl (C=O) groups is 2. The van der Waals surface area contributed by atoms with Crippen LogP contribution in [0.5, 0.6) is 11.5 Å². The van der Waals surface area contributed by atoms with Crippen LogP contribution in [0.25, 0.3) is 0 Å². The maximum absolute atomic E-state index is 14.1. The summed E-state index contributed by atoms with van der Waals surface area (Å²) < 4.78 is 25.0. The number of para-hydroxylation sites is 1. The molecule has 2 aliphatic heterocycles. The summed E-state index contributed by atoms with van der Waals surface area (Å²) in [6, 6.07) is 27.6. The van der Waals surface area contributed by atoms with E-state index < -0.39 is 11.9 Å². The zero-order valence-electron chi connectivity index (χ0n) is 22.5. The Morgan fingerprint density at radius 3 is 2.49 bits per heavy atom. The summed E-state index contributed by atoms with van der Waals surface area (Å²) in [5.41, 5.74) is 4.30. The molecule has 41 heavy (non-hydrogen) atoms. The van der Waals surface area contributed by atoms with Gasteiger partial charge in [-0.1, -0.05) is 60.7 Å². The number of hydrogen-bond acceptors (Lipinski definition) is 5. The summed E-state index contributed by atoms with van der Waals surface area (Å²) in [6.45, 7) is 1.69. The fourth-order valence-electron chi connectivity index (χ4n) is 5.41. The molecule has 0 bridgehead atoms. The van der Waals surface area contributed by atoms with Gasteiger partial charge in [0.25, 0.3) is 0 Å². The van der Waals surface area contributed by atoms with Crippen molar-refractivity contribution in [2.24, 2.45) is 0 Å². The first kappa shape index (κ1) is 26.4. The fraction of sp³-hybridized carbons (Fsp3) is 0.212. The molecule has 4 aromatic rings. The van der Waals surface area contributed by atoms with Crippen molar-refractivity contribution in [3.8, 4) is 11.5 Å². The lowest BCUT2D eigenvalue weighted by Crippen LogP contribution is -2.44. The van der Waals surface area contributed by atoms with E-state index >= 15 is 0 Å². The van der Waals surface area contributed by atoms with Crippen molar-refractivity contribution >= 4 is 23.2 Å². The second-order valence-corrected chi connectivity index (χ2v) is 10.1. The summed E-state index contributed by atoms with van der Waals surface area (Å²) in [7, 11) is 0. The summed E-state index contributed by atoms with van der Waals surface area (Å²) >= 11 is 0. The largest absolute Gasteiger partial charge is 0.454 e. The van der Waals surface area contributed by atoms with E-state index in [1.165, 1.54) is 22.6 Å². The van der Waals surface area contributed by atoms with Crippen molar-refractivity contribution < 1.29 is 23.5 Å². The maximum atomic E-state index is 14.1. The molecule has 0 radical (unpaired) electrons. The number of hydrogen-bond donors (Lipinski definition) is 1. The van der Waals surface area contributed by atoms with E-state index in [0.29, 0.717) is 29.3 Å². The van der Waals surface area contributed by atoms with Crippen LogP contribution in [-0.4, -0.2) is 31.7 Å². The second-order valence-electron chi connectivity index (χ2n) is 10.1. The molecule has 2 aliphatic rings. The summed E-state index contributed by atoms with van der Waals surface area (Å²) in [5, 5.41) is 2.99. The molecule has 0 spiro atoms. The van der Waals surface area contributed by atoms with Crippen molar-refractivity contribution in [2.75, 3.05) is 29.7 Å². The average Bonchev–Trinajstić information content (AvgIpc) is 3.65. The van der Waals surface area contributed by atoms with Gasteiger partial charge in [0, 0.05) is 43.5 Å². The van der Waals surface area contributed by atoms with Crippen LogP contribution in [-0.2, 0) is 22.6 Å². The number of anilines is 2. The van der Waals surface area contributed by atoms with E-state index in [4.69, 9.17) is 9.47 Å². The molecular weight excluding hydrogens is 521 g/mol. The quantitative estimate of drug-likeness (QED) is 0.302. The minimum absolute atomic E-state index is 0.0834. The van der Waals surface area contributed by atoms with Crippen molar-refractivity contribution in [1.29, 1.82) is 0 Å². The lowest BCUT2D eigenvalue weighted by atomic mass is 10.0. The molecule has 0 saturated heterocycles. The highest BCUT2D eigenvalue weighted by Gasteiger charge is 2.34. The topological polar surface area (TPSA) is 71.1 Å². The molecule has 0 aromatic heterocycles. The number of halogens is 1. The third-order valence-electron chi connectivity index (χ3n) is 7.48. The van der Waals surface area contributed by atoms with E-state index in [2.05, 4.69) is 22.3 Å². The SMILES string of the molecule is O=C(NCc1ccccc1)C(c1ccc(F)cc1)N(C(=O)CCN1CCc2ccccc21)c1ccc2c(c1)OCO2. The Balaban J connectivity index is 1.33. The third-order valence-corrected chi connectivity index (χ3v) is 7.48. The molecule has 0 fully saturated rings. The molecule has 2 heterocycles. The predicted molar refractivity (Wildman–Crippen MR) is 154 cm³/mol. The molecule has 1 unspecified atom stereocenters. The highest BCUT2D eigenvalue weighted by atomic mass is 19.1. The van der Waals surface area contributed by atoms with Gasteiger partial charge in [0.2, 0.25) is 18.6 Å². The number of rotatable bonds is 9. The Morgan fingerprint density at radius 1 is 0.902 bits per heavy atom. The zero-order chi connectivity index (χ0) is 28.2. The normalized spacial score (nSPS) is 13.9. The first-order valence-corrected chi connectivity index (χ1v) is 13.7. The highest BCUT2D eigenvalue weighted by Crippen LogP contribution is 2.38. The number of amides is 2. The number of carbonyl (C=O) groups excluding carboxylic acids is 2. The van der Waals surface area contributed by atoms with Crippen LogP contribution in [0.4, 0.5) is 15.8 Å². The molecule has 0 aliphatic carbocycles. The lowest BCUT2D eigenvalue weighted by molar-refractivity contribution is -0.126. The first-order valence-electron chi connectivity index (χ1n) is 13.7. The van der Waals surface area contributed by atoms with Gasteiger partial charge in [-0.15, -0.1) is 0 Å². The summed E-state index contributed by atoms with van der Waals surface area (Å²) in [5.74, 6) is 0.0271. The van der Waals surface area contributed by atoms with Crippen LogP contribution in [0.2, 0.25) is 0 Å². The van der Waals surface area contributed by atoms with Crippen molar-refractivity contribution in [3.63, 3.8) is 0 Å². The van der Waals surface area contributed by atoms with Gasteiger partial charge in [-0.2, -0.15) is 0 Å². The predicted octanol–water partition coefficient (Wildman–Crippen LogP) is 5.40. The van der Waals surface area contributed by atoms with Gasteiger partial charge in [-0.25, -0.2) is 4.39 Å². The van der Waals surface area contributed by atoms with Gasteiger partial charge in [0.1, 0.15) is 11.9 Å². The summed E-state index contributed by atoms with van der Waals surface area (Å²) in [6.07, 6.45) is 1.10. The van der Waals surface area contributed by atoms with Gasteiger partial charge >= 0.3 is 0 Å². The Labute approximate surface area is 238 Å². The standard InChI is InChI=1S/C33H30FN3O4/c34-26-12-10-25(11-13-26)32(33(39)35-21-23-6-2-1-3-7-23)37(27-14-15-29-30(20-27)41-22-40-29)31(38)17-19-36-18-16-24-8-4-5-9-28(24)36/h1-15,20,32H,16-19,21-22H2,(H,35,39). The molecule has 4 aromatic carbocycles. The molecule has 0 saturated carbocycles. The number of fused-ring (bicyclic) bond motifs is 2. The Kier molecular flexibility index (Phi) is 7.54. The van der Waals surface area contributed by atoms with Crippen molar-refractivity contribution in [1.82, 2.24) is 5.32 Å². The minimum atomic E-state index is -1.04. The fourth-order valence-corrected chi connectivity index (χ4v) is 5.41. The smallest absolute Gasteiger partial charge is 0.248 e. The number of nitrogens with one attached hydrogen (secondary N) is 1. The third kappa shape index (κ3) is 5.72. The number of benzene rings is 4. The Morgan fingerprint density at radius 2 is 1.66 bits per heavy atom. The minimum Gasteiger partial charge on any atom is -0.454 e. The number of nitrogens with zero attached hydrogens (tertiary/aromatic N) is 2. The van der Waals surface area contributed by atoms with E-state index in [1.54, 1.807) is 30.3 Å². The van der Waals surface area contributed by atoms with Gasteiger partial charge in [0.05, 0.1) is 0 Å². The van der Waals surface area contributed by atoms with Crippen molar-refractivity contribution in [2.45, 2.75) is 25.4 Å². The van der Waals surface area contributed by atoms with Crippen LogP contribution in [0, 0.1) is 5.82 Å². The molecule has 8 heteroatoms. The van der Waals surface area contributed by atoms with Crippen LogP contribution < -0.4 is 24.6 Å². The van der Waals surface area contributed by atoms with Gasteiger partial charge in [-0.3, -0.25) is 14.5 Å². The van der Waals surface area contributed by atoms with E-state index in [0.717, 1.165) is 24.2 Å². The molecular formula is C33H30FN3O4. The lowest BCUT2D eigenvalue weighted by Gasteiger charge is -2.32. The van der Waals surface area contributed by atoms with Crippen LogP contribution in [0.15, 0.2) is 97.1 Å². The average molecular weight is 552 g/mol. The summed E-state index contributed by atoms with van der Waals surface area (Å²) in [4.78, 5) is 31.8. The molecule has 6 rings (SSSR count). The van der Waals surface area contributed by atoms with Gasteiger partial charge in [-0.05, 0) is 53.4 Å². The van der Waals surface area contributed by atoms with Crippen LogP contribution >= 0.6 is 0 Å². The van der Waals surface area contributed by atoms with E-state index in [-0.39, 0.29) is 31.6 Å². The maximum Gasteiger partial charge on any atom is 0.248 e. The van der Waals surface area contributed by atoms with E-state index in [9.17, 15) is 14.0 Å². The van der Waals surface area contributed by atoms with Crippen LogP contribution in [0.1, 0.15) is 29.2 Å². The second kappa shape index (κ2) is 11.7. The van der Waals surface area contributed by atoms with Gasteiger partial charge in [0.15, 0.2) is 11.5 Å². The van der Waals surface area contributed by atoms with Gasteiger partial charge < -0.3 is 19.7 Å². The van der Waals surface area contributed by atoms with Crippen LogP contribution in [0.3, 0.4) is 0 Å². The molecule has 208 valence electrons. The van der Waals surface area contributed by atoms with Crippen molar-refractivity contribution in [3.05, 3.63) is 120 Å². The first-order chi connectivity index (χ1) is 20.1. The Bertz CT molecular complexity index is 1540. The molecule has 7 nitrogen and oxygen atoms in total.